The summed E-state index contributed by atoms with van der Waals surface area (Å²) in [5, 5.41) is 10.1. The number of aromatic nitrogens is 4. The third-order valence-electron chi connectivity index (χ3n) is 5.97. The van der Waals surface area contributed by atoms with Crippen LogP contribution >= 0.6 is 11.3 Å². The molecular formula is C25H27N5OS. The first-order valence-corrected chi connectivity index (χ1v) is 12.0. The Kier molecular flexibility index (Phi) is 5.90. The molecule has 4 aromatic rings. The lowest BCUT2D eigenvalue weighted by Crippen LogP contribution is -2.29. The van der Waals surface area contributed by atoms with Gasteiger partial charge in [0.1, 0.15) is 0 Å². The van der Waals surface area contributed by atoms with E-state index in [0.29, 0.717) is 13.0 Å². The number of carbonyl (C=O) groups excluding carboxylic acids is 1. The summed E-state index contributed by atoms with van der Waals surface area (Å²) in [6.07, 6.45) is 9.89. The van der Waals surface area contributed by atoms with Crippen LogP contribution in [-0.4, -0.2) is 38.6 Å². The number of Topliss-reactive ketones (excluding diaryl/α,β-unsaturated/α-hetero) is 1. The Hall–Kier alpha value is -3.19. The van der Waals surface area contributed by atoms with Crippen molar-refractivity contribution in [1.82, 2.24) is 19.7 Å². The zero-order valence-electron chi connectivity index (χ0n) is 18.3. The monoisotopic (exact) mass is 445 g/mol. The number of nitrogens with one attached hydrogen (secondary N) is 1. The van der Waals surface area contributed by atoms with Gasteiger partial charge >= 0.3 is 0 Å². The number of aryl methyl sites for hydroxylation is 1. The van der Waals surface area contributed by atoms with Gasteiger partial charge < -0.3 is 9.47 Å². The van der Waals surface area contributed by atoms with Crippen LogP contribution in [0, 0.1) is 6.92 Å². The summed E-state index contributed by atoms with van der Waals surface area (Å²) in [6.45, 7) is 4.85. The topological polar surface area (TPSA) is 66.8 Å². The summed E-state index contributed by atoms with van der Waals surface area (Å²) >= 11 is 1.71. The molecule has 6 nitrogen and oxygen atoms in total. The molecule has 0 saturated carbocycles. The van der Waals surface area contributed by atoms with Gasteiger partial charge in [0.05, 0.1) is 24.1 Å². The SMILES string of the molecule is Cc1cc(C(=O)Cc2ccc(-c3cn[nH]c3)cc2)n(Cc2csc(N3CCCCC3)n2)c1. The van der Waals surface area contributed by atoms with Crippen LogP contribution in [0.4, 0.5) is 5.13 Å². The van der Waals surface area contributed by atoms with Gasteiger partial charge in [-0.15, -0.1) is 11.3 Å². The van der Waals surface area contributed by atoms with Gasteiger partial charge in [0.2, 0.25) is 0 Å². The van der Waals surface area contributed by atoms with Gasteiger partial charge in [0.15, 0.2) is 10.9 Å². The van der Waals surface area contributed by atoms with Gasteiger partial charge in [-0.3, -0.25) is 9.89 Å². The minimum Gasteiger partial charge on any atom is -0.348 e. The van der Waals surface area contributed by atoms with Crippen molar-refractivity contribution in [2.75, 3.05) is 18.0 Å². The molecule has 7 heteroatoms. The van der Waals surface area contributed by atoms with Gasteiger partial charge in [0.25, 0.3) is 0 Å². The lowest BCUT2D eigenvalue weighted by molar-refractivity contribution is 0.0984. The largest absolute Gasteiger partial charge is 0.348 e. The second-order valence-electron chi connectivity index (χ2n) is 8.48. The predicted molar refractivity (Wildman–Crippen MR) is 129 cm³/mol. The van der Waals surface area contributed by atoms with Crippen LogP contribution < -0.4 is 4.90 Å². The maximum Gasteiger partial charge on any atom is 0.185 e. The number of H-pyrrole nitrogens is 1. The fourth-order valence-electron chi connectivity index (χ4n) is 4.30. The molecule has 1 aliphatic heterocycles. The third kappa shape index (κ3) is 4.53. The predicted octanol–water partition coefficient (Wildman–Crippen LogP) is 5.11. The normalized spacial score (nSPS) is 14.1. The van der Waals surface area contributed by atoms with Crippen molar-refractivity contribution in [3.63, 3.8) is 0 Å². The maximum atomic E-state index is 13.1. The van der Waals surface area contributed by atoms with E-state index in [4.69, 9.17) is 4.98 Å². The second kappa shape index (κ2) is 9.12. The summed E-state index contributed by atoms with van der Waals surface area (Å²) in [6, 6.07) is 10.1. The molecule has 4 heterocycles. The van der Waals surface area contributed by atoms with Gasteiger partial charge in [-0.25, -0.2) is 4.98 Å². The molecule has 0 aliphatic carbocycles. The highest BCUT2D eigenvalue weighted by Gasteiger charge is 2.17. The molecule has 0 bridgehead atoms. The lowest BCUT2D eigenvalue weighted by atomic mass is 10.0. The number of nitrogens with zero attached hydrogens (tertiary/aromatic N) is 4. The maximum absolute atomic E-state index is 13.1. The number of anilines is 1. The molecule has 1 aliphatic rings. The molecule has 5 rings (SSSR count). The molecule has 32 heavy (non-hydrogen) atoms. The molecule has 1 fully saturated rings. The molecular weight excluding hydrogens is 418 g/mol. The Morgan fingerprint density at radius 2 is 1.94 bits per heavy atom. The van der Waals surface area contributed by atoms with Crippen LogP contribution in [0.2, 0.25) is 0 Å². The summed E-state index contributed by atoms with van der Waals surface area (Å²) in [7, 11) is 0. The van der Waals surface area contributed by atoms with Gasteiger partial charge in [-0.1, -0.05) is 24.3 Å². The molecule has 1 aromatic carbocycles. The molecule has 3 aromatic heterocycles. The van der Waals surface area contributed by atoms with Crippen molar-refractivity contribution >= 4 is 22.3 Å². The molecule has 1 N–H and O–H groups in total. The van der Waals surface area contributed by atoms with E-state index in [0.717, 1.165) is 51.9 Å². The fraction of sp³-hybridized carbons (Fsp3) is 0.320. The lowest BCUT2D eigenvalue weighted by Gasteiger charge is -2.25. The van der Waals surface area contributed by atoms with Crippen molar-refractivity contribution in [3.8, 4) is 11.1 Å². The highest BCUT2D eigenvalue weighted by molar-refractivity contribution is 7.13. The first-order valence-electron chi connectivity index (χ1n) is 11.1. The number of thiazole rings is 1. The van der Waals surface area contributed by atoms with Crippen LogP contribution in [0.25, 0.3) is 11.1 Å². The van der Waals surface area contributed by atoms with Crippen LogP contribution in [0.5, 0.6) is 0 Å². The summed E-state index contributed by atoms with van der Waals surface area (Å²) in [5.74, 6) is 0.126. The Bertz CT molecular complexity index is 1180. The Labute approximate surface area is 191 Å². The first-order chi connectivity index (χ1) is 15.7. The number of piperidine rings is 1. The number of aromatic amines is 1. The van der Waals surface area contributed by atoms with Crippen LogP contribution in [0.3, 0.4) is 0 Å². The number of hydrogen-bond donors (Lipinski definition) is 1. The Morgan fingerprint density at radius 1 is 1.12 bits per heavy atom. The van der Waals surface area contributed by atoms with Crippen LogP contribution in [0.1, 0.15) is 46.6 Å². The van der Waals surface area contributed by atoms with Gasteiger partial charge in [-0.2, -0.15) is 5.10 Å². The molecule has 0 amide bonds. The number of hydrogen-bond acceptors (Lipinski definition) is 5. The van der Waals surface area contributed by atoms with E-state index >= 15 is 0 Å². The van der Waals surface area contributed by atoms with Crippen LogP contribution in [-0.2, 0) is 13.0 Å². The number of benzene rings is 1. The van der Waals surface area contributed by atoms with E-state index in [1.54, 1.807) is 17.5 Å². The molecule has 164 valence electrons. The van der Waals surface area contributed by atoms with Crippen molar-refractivity contribution in [2.45, 2.75) is 39.2 Å². The highest BCUT2D eigenvalue weighted by Crippen LogP contribution is 2.25. The van der Waals surface area contributed by atoms with E-state index < -0.39 is 0 Å². The molecule has 0 unspecified atom stereocenters. The molecule has 1 saturated heterocycles. The minimum atomic E-state index is 0.126. The van der Waals surface area contributed by atoms with Gasteiger partial charge in [-0.05, 0) is 48.9 Å². The van der Waals surface area contributed by atoms with E-state index in [9.17, 15) is 4.79 Å². The van der Waals surface area contributed by atoms with Gasteiger partial charge in [0, 0.05) is 42.8 Å². The second-order valence-corrected chi connectivity index (χ2v) is 9.32. The highest BCUT2D eigenvalue weighted by atomic mass is 32.1. The Balaban J connectivity index is 1.29. The number of carbonyl (C=O) groups is 1. The van der Waals surface area contributed by atoms with E-state index in [-0.39, 0.29) is 5.78 Å². The third-order valence-corrected chi connectivity index (χ3v) is 6.92. The molecule has 0 atom stereocenters. The smallest absolute Gasteiger partial charge is 0.185 e. The standard InChI is InChI=1S/C25H27N5OS/c1-18-11-23(24(31)12-19-5-7-20(8-6-19)21-13-26-27-14-21)30(15-18)16-22-17-32-25(28-22)29-9-3-2-4-10-29/h5-8,11,13-15,17H,2-4,9-10,12,16H2,1H3,(H,26,27). The van der Waals surface area contributed by atoms with Crippen LogP contribution in [0.15, 0.2) is 54.3 Å². The number of rotatable bonds is 7. The van der Waals surface area contributed by atoms with Crippen molar-refractivity contribution in [1.29, 1.82) is 0 Å². The average Bonchev–Trinajstić information content (AvgIpc) is 3.57. The molecule has 0 radical (unpaired) electrons. The van der Waals surface area contributed by atoms with Crippen molar-refractivity contribution in [3.05, 3.63) is 76.8 Å². The summed E-state index contributed by atoms with van der Waals surface area (Å²) in [5.41, 5.74) is 5.99. The fourth-order valence-corrected chi connectivity index (χ4v) is 5.17. The van der Waals surface area contributed by atoms with E-state index in [1.165, 1.54) is 19.3 Å². The average molecular weight is 446 g/mol. The minimum absolute atomic E-state index is 0.126. The zero-order chi connectivity index (χ0) is 21.9. The zero-order valence-corrected chi connectivity index (χ0v) is 19.1. The number of ketones is 1. The molecule has 0 spiro atoms. The quantitative estimate of drug-likeness (QED) is 0.402. The van der Waals surface area contributed by atoms with E-state index in [2.05, 4.69) is 26.7 Å². The van der Waals surface area contributed by atoms with Crippen molar-refractivity contribution < 1.29 is 4.79 Å². The first kappa shape index (κ1) is 20.7. The summed E-state index contributed by atoms with van der Waals surface area (Å²) < 4.78 is 2.05. The Morgan fingerprint density at radius 3 is 2.69 bits per heavy atom. The van der Waals surface area contributed by atoms with Crippen molar-refractivity contribution in [2.24, 2.45) is 0 Å². The summed E-state index contributed by atoms with van der Waals surface area (Å²) in [4.78, 5) is 20.4. The van der Waals surface area contributed by atoms with E-state index in [1.807, 2.05) is 48.0 Å².